The Hall–Kier alpha value is -2.82. The third-order valence-electron chi connectivity index (χ3n) is 3.59. The molecule has 0 heterocycles. The van der Waals surface area contributed by atoms with Crippen molar-refractivity contribution in [2.45, 2.75) is 32.8 Å². The molecule has 0 atom stereocenters. The van der Waals surface area contributed by atoms with Gasteiger partial charge in [-0.2, -0.15) is 5.10 Å². The lowest BCUT2D eigenvalue weighted by Crippen LogP contribution is -2.16. The zero-order valence-electron chi connectivity index (χ0n) is 14.7. The fourth-order valence-electron chi connectivity index (χ4n) is 2.19. The third-order valence-corrected chi connectivity index (χ3v) is 3.59. The molecule has 0 saturated carbocycles. The third kappa shape index (κ3) is 6.30. The summed E-state index contributed by atoms with van der Waals surface area (Å²) >= 11 is 0. The predicted molar refractivity (Wildman–Crippen MR) is 99.0 cm³/mol. The molecular weight excluding hydrogens is 316 g/mol. The number of methoxy groups -OCH3 is 1. The number of hydrazone groups is 1. The van der Waals surface area contributed by atoms with Crippen LogP contribution in [0.3, 0.4) is 0 Å². The number of unbranched alkanes of at least 4 members (excludes halogenated alkanes) is 1. The van der Waals surface area contributed by atoms with Gasteiger partial charge in [-0.1, -0.05) is 43.7 Å². The zero-order valence-corrected chi connectivity index (χ0v) is 14.7. The van der Waals surface area contributed by atoms with E-state index in [1.807, 2.05) is 55.5 Å². The van der Waals surface area contributed by atoms with Gasteiger partial charge in [-0.15, -0.1) is 0 Å². The van der Waals surface area contributed by atoms with E-state index in [2.05, 4.69) is 10.5 Å². The van der Waals surface area contributed by atoms with Gasteiger partial charge in [-0.05, 0) is 35.7 Å². The van der Waals surface area contributed by atoms with Crippen LogP contribution in [-0.2, 0) is 11.4 Å². The van der Waals surface area contributed by atoms with Crippen molar-refractivity contribution in [1.29, 1.82) is 0 Å². The molecule has 2 aromatic carbocycles. The van der Waals surface area contributed by atoms with Crippen LogP contribution in [0.1, 0.15) is 37.3 Å². The highest BCUT2D eigenvalue weighted by Gasteiger charge is 2.06. The van der Waals surface area contributed by atoms with Crippen LogP contribution >= 0.6 is 0 Å². The average Bonchev–Trinajstić information content (AvgIpc) is 2.66. The molecule has 1 N–H and O–H groups in total. The smallest absolute Gasteiger partial charge is 0.240 e. The molecule has 0 spiro atoms. The highest BCUT2D eigenvalue weighted by atomic mass is 16.5. The van der Waals surface area contributed by atoms with Crippen molar-refractivity contribution in [3.8, 4) is 11.5 Å². The summed E-state index contributed by atoms with van der Waals surface area (Å²) in [6.07, 6.45) is 3.93. The number of rotatable bonds is 9. The van der Waals surface area contributed by atoms with Crippen molar-refractivity contribution >= 4 is 12.1 Å². The fraction of sp³-hybridized carbons (Fsp3) is 0.300. The van der Waals surface area contributed by atoms with Crippen molar-refractivity contribution in [1.82, 2.24) is 5.43 Å². The largest absolute Gasteiger partial charge is 0.493 e. The maximum atomic E-state index is 11.5. The van der Waals surface area contributed by atoms with Crippen LogP contribution < -0.4 is 14.9 Å². The number of hydrogen-bond acceptors (Lipinski definition) is 4. The predicted octanol–water partition coefficient (Wildman–Crippen LogP) is 3.91. The standard InChI is InChI=1S/C20H24N2O3/c1-3-4-10-20(23)22-21-14-17-11-12-18(19(13-17)24-2)25-15-16-8-6-5-7-9-16/h5-9,11-14H,3-4,10,15H2,1-2H3,(H,22,23)/b21-14+. The molecule has 2 rings (SSSR count). The molecular formula is C20H24N2O3. The van der Waals surface area contributed by atoms with E-state index in [4.69, 9.17) is 9.47 Å². The van der Waals surface area contributed by atoms with Crippen LogP contribution in [0.5, 0.6) is 11.5 Å². The number of amides is 1. The summed E-state index contributed by atoms with van der Waals surface area (Å²) in [5, 5.41) is 3.97. The van der Waals surface area contributed by atoms with E-state index in [-0.39, 0.29) is 5.91 Å². The summed E-state index contributed by atoms with van der Waals surface area (Å²) in [4.78, 5) is 11.5. The van der Waals surface area contributed by atoms with Crippen molar-refractivity contribution in [2.75, 3.05) is 7.11 Å². The Morgan fingerprint density at radius 3 is 2.68 bits per heavy atom. The maximum absolute atomic E-state index is 11.5. The van der Waals surface area contributed by atoms with Gasteiger partial charge < -0.3 is 9.47 Å². The summed E-state index contributed by atoms with van der Waals surface area (Å²) in [6, 6.07) is 15.5. The molecule has 0 bridgehead atoms. The van der Waals surface area contributed by atoms with Gasteiger partial charge in [-0.25, -0.2) is 5.43 Å². The van der Waals surface area contributed by atoms with E-state index in [0.29, 0.717) is 24.5 Å². The van der Waals surface area contributed by atoms with Crippen LogP contribution in [0.15, 0.2) is 53.6 Å². The van der Waals surface area contributed by atoms with Gasteiger partial charge in [0.1, 0.15) is 6.61 Å². The molecule has 0 aliphatic rings. The first kappa shape index (κ1) is 18.5. The topological polar surface area (TPSA) is 59.9 Å². The molecule has 5 heteroatoms. The lowest BCUT2D eigenvalue weighted by molar-refractivity contribution is -0.121. The van der Waals surface area contributed by atoms with E-state index in [1.54, 1.807) is 13.3 Å². The summed E-state index contributed by atoms with van der Waals surface area (Å²) in [6.45, 7) is 2.52. The molecule has 0 aromatic heterocycles. The van der Waals surface area contributed by atoms with E-state index in [0.717, 1.165) is 24.0 Å². The van der Waals surface area contributed by atoms with Gasteiger partial charge in [-0.3, -0.25) is 4.79 Å². The van der Waals surface area contributed by atoms with E-state index < -0.39 is 0 Å². The quantitative estimate of drug-likeness (QED) is 0.556. The average molecular weight is 340 g/mol. The Balaban J connectivity index is 1.95. The number of hydrogen-bond donors (Lipinski definition) is 1. The summed E-state index contributed by atoms with van der Waals surface area (Å²) in [5.41, 5.74) is 4.43. The zero-order chi connectivity index (χ0) is 17.9. The monoisotopic (exact) mass is 340 g/mol. The lowest BCUT2D eigenvalue weighted by Gasteiger charge is -2.11. The highest BCUT2D eigenvalue weighted by Crippen LogP contribution is 2.28. The maximum Gasteiger partial charge on any atom is 0.240 e. The first-order valence-corrected chi connectivity index (χ1v) is 8.39. The van der Waals surface area contributed by atoms with Crippen molar-refractivity contribution < 1.29 is 14.3 Å². The molecule has 25 heavy (non-hydrogen) atoms. The molecule has 2 aromatic rings. The molecule has 0 radical (unpaired) electrons. The van der Waals surface area contributed by atoms with Gasteiger partial charge in [0.05, 0.1) is 13.3 Å². The summed E-state index contributed by atoms with van der Waals surface area (Å²) < 4.78 is 11.2. The summed E-state index contributed by atoms with van der Waals surface area (Å²) in [5.74, 6) is 1.21. The minimum atomic E-state index is -0.0760. The van der Waals surface area contributed by atoms with Crippen molar-refractivity contribution in [3.05, 3.63) is 59.7 Å². The van der Waals surface area contributed by atoms with Crippen molar-refractivity contribution in [3.63, 3.8) is 0 Å². The van der Waals surface area contributed by atoms with Crippen LogP contribution in [-0.4, -0.2) is 19.2 Å². The molecule has 1 amide bonds. The Bertz CT molecular complexity index is 699. The Labute approximate surface area is 148 Å². The van der Waals surface area contributed by atoms with Gasteiger partial charge in [0.2, 0.25) is 5.91 Å². The lowest BCUT2D eigenvalue weighted by atomic mass is 10.2. The fourth-order valence-corrected chi connectivity index (χ4v) is 2.19. The van der Waals surface area contributed by atoms with Gasteiger partial charge >= 0.3 is 0 Å². The second kappa shape index (κ2) is 10.1. The van der Waals surface area contributed by atoms with E-state index >= 15 is 0 Å². The Kier molecular flexibility index (Phi) is 7.50. The van der Waals surface area contributed by atoms with Gasteiger partial charge in [0.15, 0.2) is 11.5 Å². The molecule has 0 aliphatic carbocycles. The minimum Gasteiger partial charge on any atom is -0.493 e. The number of nitrogens with zero attached hydrogens (tertiary/aromatic N) is 1. The van der Waals surface area contributed by atoms with Crippen LogP contribution in [0.2, 0.25) is 0 Å². The first-order chi connectivity index (χ1) is 12.2. The van der Waals surface area contributed by atoms with E-state index in [9.17, 15) is 4.79 Å². The number of nitrogens with one attached hydrogen (secondary N) is 1. The number of benzene rings is 2. The number of carbonyl (C=O) groups is 1. The second-order valence-electron chi connectivity index (χ2n) is 5.58. The molecule has 0 saturated heterocycles. The normalized spacial score (nSPS) is 10.6. The van der Waals surface area contributed by atoms with Gasteiger partial charge in [0.25, 0.3) is 0 Å². The highest BCUT2D eigenvalue weighted by molar-refractivity contribution is 5.83. The Morgan fingerprint density at radius 2 is 1.96 bits per heavy atom. The SMILES string of the molecule is CCCCC(=O)N/N=C/c1ccc(OCc2ccccc2)c(OC)c1. The summed E-state index contributed by atoms with van der Waals surface area (Å²) in [7, 11) is 1.60. The van der Waals surface area contributed by atoms with E-state index in [1.165, 1.54) is 0 Å². The Morgan fingerprint density at radius 1 is 1.16 bits per heavy atom. The molecule has 0 unspecified atom stereocenters. The number of carbonyl (C=O) groups excluding carboxylic acids is 1. The minimum absolute atomic E-state index is 0.0760. The second-order valence-corrected chi connectivity index (χ2v) is 5.58. The number of ether oxygens (including phenoxy) is 2. The first-order valence-electron chi connectivity index (χ1n) is 8.39. The van der Waals surface area contributed by atoms with Crippen LogP contribution in [0, 0.1) is 0 Å². The van der Waals surface area contributed by atoms with Crippen LogP contribution in [0.25, 0.3) is 0 Å². The van der Waals surface area contributed by atoms with Gasteiger partial charge in [0, 0.05) is 6.42 Å². The van der Waals surface area contributed by atoms with Crippen LogP contribution in [0.4, 0.5) is 0 Å². The molecule has 0 fully saturated rings. The van der Waals surface area contributed by atoms with Crippen molar-refractivity contribution in [2.24, 2.45) is 5.10 Å². The molecule has 132 valence electrons. The molecule has 0 aliphatic heterocycles. The molecule has 5 nitrogen and oxygen atoms in total.